The van der Waals surface area contributed by atoms with E-state index in [0.717, 1.165) is 31.4 Å². The van der Waals surface area contributed by atoms with Gasteiger partial charge >= 0.3 is 6.03 Å². The maximum Gasteiger partial charge on any atom is 0.319 e. The third-order valence-electron chi connectivity index (χ3n) is 5.03. The SMILES string of the molecule is O=C(NC[C@@H]1CCCCN1[C@@H](CO)c1ccccc1)Nc1ccc(F)cc1. The minimum atomic E-state index is -0.338. The molecule has 1 aliphatic heterocycles. The van der Waals surface area contributed by atoms with E-state index in [-0.39, 0.29) is 30.5 Å². The first-order valence-corrected chi connectivity index (χ1v) is 9.39. The number of halogens is 1. The molecule has 2 aromatic rings. The number of rotatable bonds is 6. The fourth-order valence-corrected chi connectivity index (χ4v) is 3.65. The molecule has 1 fully saturated rings. The highest BCUT2D eigenvalue weighted by Crippen LogP contribution is 2.28. The van der Waals surface area contributed by atoms with Gasteiger partial charge in [0.15, 0.2) is 0 Å². The van der Waals surface area contributed by atoms with Crippen LogP contribution in [0.15, 0.2) is 54.6 Å². The maximum absolute atomic E-state index is 13.0. The highest BCUT2D eigenvalue weighted by atomic mass is 19.1. The summed E-state index contributed by atoms with van der Waals surface area (Å²) in [5, 5.41) is 15.6. The highest BCUT2D eigenvalue weighted by Gasteiger charge is 2.29. The highest BCUT2D eigenvalue weighted by molar-refractivity contribution is 5.89. The van der Waals surface area contributed by atoms with Crippen LogP contribution in [0.25, 0.3) is 0 Å². The van der Waals surface area contributed by atoms with Crippen molar-refractivity contribution in [2.24, 2.45) is 0 Å². The number of hydrogen-bond acceptors (Lipinski definition) is 3. The Morgan fingerprint density at radius 3 is 2.59 bits per heavy atom. The molecule has 0 radical (unpaired) electrons. The number of carbonyl (C=O) groups is 1. The fraction of sp³-hybridized carbons (Fsp3) is 0.381. The summed E-state index contributed by atoms with van der Waals surface area (Å²) in [6.45, 7) is 1.44. The van der Waals surface area contributed by atoms with Crippen LogP contribution in [0.3, 0.4) is 0 Å². The lowest BCUT2D eigenvalue weighted by Gasteiger charge is -2.41. The van der Waals surface area contributed by atoms with Gasteiger partial charge in [-0.25, -0.2) is 9.18 Å². The van der Waals surface area contributed by atoms with Crippen molar-refractivity contribution in [3.8, 4) is 0 Å². The average molecular weight is 371 g/mol. The van der Waals surface area contributed by atoms with Gasteiger partial charge in [-0.15, -0.1) is 0 Å². The standard InChI is InChI=1S/C21H26FN3O2/c22-17-9-11-18(12-10-17)24-21(27)23-14-19-8-4-5-13-25(19)20(15-26)16-6-2-1-3-7-16/h1-3,6-7,9-12,19-20,26H,4-5,8,13-15H2,(H2,23,24,27)/t19-,20-/m0/s1. The van der Waals surface area contributed by atoms with Gasteiger partial charge in [-0.1, -0.05) is 36.8 Å². The third-order valence-corrected chi connectivity index (χ3v) is 5.03. The van der Waals surface area contributed by atoms with Gasteiger partial charge in [-0.2, -0.15) is 0 Å². The van der Waals surface area contributed by atoms with E-state index in [2.05, 4.69) is 15.5 Å². The van der Waals surface area contributed by atoms with Gasteiger partial charge < -0.3 is 15.7 Å². The molecular formula is C21H26FN3O2. The molecule has 1 saturated heterocycles. The van der Waals surface area contributed by atoms with E-state index < -0.39 is 0 Å². The zero-order chi connectivity index (χ0) is 19.1. The van der Waals surface area contributed by atoms with Crippen LogP contribution in [0, 0.1) is 5.82 Å². The number of hydrogen-bond donors (Lipinski definition) is 3. The van der Waals surface area contributed by atoms with Crippen molar-refractivity contribution in [2.45, 2.75) is 31.3 Å². The Kier molecular flexibility index (Phi) is 6.79. The Bertz CT molecular complexity index is 724. The Labute approximate surface area is 159 Å². The van der Waals surface area contributed by atoms with Crippen LogP contribution in [0.5, 0.6) is 0 Å². The molecule has 0 aliphatic carbocycles. The molecule has 0 spiro atoms. The zero-order valence-corrected chi connectivity index (χ0v) is 15.3. The summed E-state index contributed by atoms with van der Waals surface area (Å²) < 4.78 is 13.0. The Morgan fingerprint density at radius 1 is 1.15 bits per heavy atom. The predicted octanol–water partition coefficient (Wildman–Crippen LogP) is 3.54. The van der Waals surface area contributed by atoms with Crippen molar-refractivity contribution in [1.29, 1.82) is 0 Å². The van der Waals surface area contributed by atoms with Crippen LogP contribution in [0.4, 0.5) is 14.9 Å². The molecule has 2 aromatic carbocycles. The molecule has 2 amide bonds. The topological polar surface area (TPSA) is 64.6 Å². The van der Waals surface area contributed by atoms with Crippen LogP contribution < -0.4 is 10.6 Å². The maximum atomic E-state index is 13.0. The molecule has 0 bridgehead atoms. The van der Waals surface area contributed by atoms with E-state index in [9.17, 15) is 14.3 Å². The summed E-state index contributed by atoms with van der Waals surface area (Å²) in [6.07, 6.45) is 3.16. The molecular weight excluding hydrogens is 345 g/mol. The number of amides is 2. The zero-order valence-electron chi connectivity index (χ0n) is 15.3. The summed E-state index contributed by atoms with van der Waals surface area (Å²) in [7, 11) is 0. The first kappa shape index (κ1) is 19.3. The largest absolute Gasteiger partial charge is 0.394 e. The quantitative estimate of drug-likeness (QED) is 0.728. The number of anilines is 1. The lowest BCUT2D eigenvalue weighted by atomic mass is 9.96. The molecule has 27 heavy (non-hydrogen) atoms. The second kappa shape index (κ2) is 9.48. The van der Waals surface area contributed by atoms with Gasteiger partial charge in [0.2, 0.25) is 0 Å². The van der Waals surface area contributed by atoms with Crippen molar-refractivity contribution in [3.63, 3.8) is 0 Å². The first-order chi connectivity index (χ1) is 13.2. The lowest BCUT2D eigenvalue weighted by Crippen LogP contribution is -2.49. The number of likely N-dealkylation sites (tertiary alicyclic amines) is 1. The Balaban J connectivity index is 1.60. The van der Waals surface area contributed by atoms with E-state index in [1.54, 1.807) is 0 Å². The third kappa shape index (κ3) is 5.28. The Hall–Kier alpha value is -2.44. The number of aliphatic hydroxyl groups is 1. The van der Waals surface area contributed by atoms with Gasteiger partial charge in [0.05, 0.1) is 12.6 Å². The monoisotopic (exact) mass is 371 g/mol. The van der Waals surface area contributed by atoms with Gasteiger partial charge in [-0.05, 0) is 49.2 Å². The molecule has 2 atom stereocenters. The average Bonchev–Trinajstić information content (AvgIpc) is 2.70. The molecule has 0 aromatic heterocycles. The molecule has 3 rings (SSSR count). The van der Waals surface area contributed by atoms with Crippen LogP contribution in [0.1, 0.15) is 30.9 Å². The molecule has 0 unspecified atom stereocenters. The van der Waals surface area contributed by atoms with Crippen molar-refractivity contribution < 1.29 is 14.3 Å². The van der Waals surface area contributed by atoms with Gasteiger partial charge in [0.25, 0.3) is 0 Å². The molecule has 3 N–H and O–H groups in total. The van der Waals surface area contributed by atoms with Crippen LogP contribution in [0.2, 0.25) is 0 Å². The number of benzene rings is 2. The van der Waals surface area contributed by atoms with Crippen LogP contribution in [-0.2, 0) is 0 Å². The van der Waals surface area contributed by atoms with Gasteiger partial charge in [-0.3, -0.25) is 4.90 Å². The second-order valence-corrected chi connectivity index (χ2v) is 6.84. The summed E-state index contributed by atoms with van der Waals surface area (Å²) in [5.74, 6) is -0.338. The smallest absolute Gasteiger partial charge is 0.319 e. The second-order valence-electron chi connectivity index (χ2n) is 6.84. The Morgan fingerprint density at radius 2 is 1.89 bits per heavy atom. The van der Waals surface area contributed by atoms with Crippen molar-refractivity contribution >= 4 is 11.7 Å². The molecule has 144 valence electrons. The van der Waals surface area contributed by atoms with Crippen molar-refractivity contribution in [1.82, 2.24) is 10.2 Å². The normalized spacial score (nSPS) is 18.7. The number of urea groups is 1. The lowest BCUT2D eigenvalue weighted by molar-refractivity contribution is 0.0574. The van der Waals surface area contributed by atoms with Crippen LogP contribution >= 0.6 is 0 Å². The van der Waals surface area contributed by atoms with E-state index in [1.165, 1.54) is 24.3 Å². The first-order valence-electron chi connectivity index (χ1n) is 9.39. The molecule has 6 heteroatoms. The molecule has 1 aliphatic rings. The summed E-state index contributed by atoms with van der Waals surface area (Å²) >= 11 is 0. The van der Waals surface area contributed by atoms with E-state index in [1.807, 2.05) is 30.3 Å². The number of piperidine rings is 1. The van der Waals surface area contributed by atoms with Gasteiger partial charge in [0, 0.05) is 18.3 Å². The van der Waals surface area contributed by atoms with Crippen molar-refractivity contribution in [2.75, 3.05) is 25.0 Å². The van der Waals surface area contributed by atoms with Crippen LogP contribution in [-0.4, -0.2) is 41.8 Å². The number of aliphatic hydroxyl groups excluding tert-OH is 1. The van der Waals surface area contributed by atoms with Gasteiger partial charge in [0.1, 0.15) is 5.82 Å². The minimum absolute atomic E-state index is 0.0439. The summed E-state index contributed by atoms with van der Waals surface area (Å²) in [4.78, 5) is 14.5. The molecule has 1 heterocycles. The van der Waals surface area contributed by atoms with E-state index >= 15 is 0 Å². The minimum Gasteiger partial charge on any atom is -0.394 e. The summed E-state index contributed by atoms with van der Waals surface area (Å²) in [6, 6.07) is 15.4. The number of nitrogens with zero attached hydrogens (tertiary/aromatic N) is 1. The summed E-state index contributed by atoms with van der Waals surface area (Å²) in [5.41, 5.74) is 1.63. The van der Waals surface area contributed by atoms with Crippen molar-refractivity contribution in [3.05, 3.63) is 66.0 Å². The fourth-order valence-electron chi connectivity index (χ4n) is 3.65. The van der Waals surface area contributed by atoms with E-state index in [0.29, 0.717) is 12.2 Å². The number of carbonyl (C=O) groups excluding carboxylic acids is 1. The molecule has 0 saturated carbocycles. The molecule has 5 nitrogen and oxygen atoms in total. The predicted molar refractivity (Wildman–Crippen MR) is 104 cm³/mol. The van der Waals surface area contributed by atoms with E-state index in [4.69, 9.17) is 0 Å². The number of nitrogens with one attached hydrogen (secondary N) is 2.